The number of nitrogen functional groups attached to an aromatic ring is 1. The van der Waals surface area contributed by atoms with Gasteiger partial charge in [-0.15, -0.1) is 0 Å². The van der Waals surface area contributed by atoms with Gasteiger partial charge in [0.25, 0.3) is 0 Å². The fourth-order valence-electron chi connectivity index (χ4n) is 3.43. The van der Waals surface area contributed by atoms with E-state index in [1.165, 1.54) is 5.56 Å². The molecule has 0 aliphatic carbocycles. The van der Waals surface area contributed by atoms with Crippen molar-refractivity contribution in [2.45, 2.75) is 32.8 Å². The van der Waals surface area contributed by atoms with Gasteiger partial charge in [0.05, 0.1) is 17.9 Å². The summed E-state index contributed by atoms with van der Waals surface area (Å²) in [6, 6.07) is 19.8. The van der Waals surface area contributed by atoms with Crippen LogP contribution in [0.15, 0.2) is 59.6 Å². The first-order chi connectivity index (χ1) is 16.0. The quantitative estimate of drug-likeness (QED) is 0.265. The molecule has 8 nitrogen and oxygen atoms in total. The van der Waals surface area contributed by atoms with Gasteiger partial charge in [-0.05, 0) is 56.5 Å². The van der Waals surface area contributed by atoms with Crippen molar-refractivity contribution in [3.8, 4) is 17.5 Å². The molecule has 1 heterocycles. The fourth-order valence-corrected chi connectivity index (χ4v) is 3.43. The molecule has 3 aromatic rings. The highest BCUT2D eigenvalue weighted by Gasteiger charge is 2.16. The highest BCUT2D eigenvalue weighted by molar-refractivity contribution is 5.79. The standard InChI is InChI=1S/C25H31N7O/c1-18-9-7-12-21(15-18)33-19(2)17-30-25(28-3)29-14-8-13-23-22(16-26)24(27)32(31-23)20-10-5-4-6-11-20/h4-7,9-12,15,19H,8,13-14,17,27H2,1-3H3,(H2,28,29,30). The highest BCUT2D eigenvalue weighted by atomic mass is 16.5. The molecule has 0 radical (unpaired) electrons. The highest BCUT2D eigenvalue weighted by Crippen LogP contribution is 2.21. The zero-order chi connectivity index (χ0) is 23.6. The average Bonchev–Trinajstić information content (AvgIpc) is 3.14. The van der Waals surface area contributed by atoms with Crippen molar-refractivity contribution in [1.82, 2.24) is 20.4 Å². The summed E-state index contributed by atoms with van der Waals surface area (Å²) in [4.78, 5) is 4.26. The van der Waals surface area contributed by atoms with Crippen molar-refractivity contribution in [1.29, 1.82) is 5.26 Å². The Balaban J connectivity index is 1.47. The van der Waals surface area contributed by atoms with Crippen LogP contribution in [0.25, 0.3) is 5.69 Å². The smallest absolute Gasteiger partial charge is 0.191 e. The molecule has 1 aromatic heterocycles. The van der Waals surface area contributed by atoms with Gasteiger partial charge >= 0.3 is 0 Å². The third-order valence-corrected chi connectivity index (χ3v) is 5.10. The number of nitriles is 1. The summed E-state index contributed by atoms with van der Waals surface area (Å²) in [6.45, 7) is 5.35. The third-order valence-electron chi connectivity index (χ3n) is 5.10. The summed E-state index contributed by atoms with van der Waals surface area (Å²) in [6.07, 6.45) is 1.38. The van der Waals surface area contributed by atoms with Crippen LogP contribution < -0.4 is 21.1 Å². The molecule has 33 heavy (non-hydrogen) atoms. The number of aryl methyl sites for hydroxylation is 2. The summed E-state index contributed by atoms with van der Waals surface area (Å²) < 4.78 is 7.57. The number of aromatic nitrogens is 2. The average molecular weight is 446 g/mol. The van der Waals surface area contributed by atoms with Crippen LogP contribution in [-0.2, 0) is 6.42 Å². The number of benzene rings is 2. The lowest BCUT2D eigenvalue weighted by molar-refractivity contribution is 0.223. The summed E-state index contributed by atoms with van der Waals surface area (Å²) in [5, 5.41) is 20.7. The predicted molar refractivity (Wildman–Crippen MR) is 132 cm³/mol. The lowest BCUT2D eigenvalue weighted by atomic mass is 10.1. The zero-order valence-electron chi connectivity index (χ0n) is 19.4. The van der Waals surface area contributed by atoms with E-state index in [2.05, 4.69) is 26.8 Å². The molecule has 0 saturated heterocycles. The summed E-state index contributed by atoms with van der Waals surface area (Å²) in [7, 11) is 1.73. The van der Waals surface area contributed by atoms with Crippen molar-refractivity contribution >= 4 is 11.8 Å². The number of anilines is 1. The molecule has 4 N–H and O–H groups in total. The Morgan fingerprint density at radius 3 is 2.70 bits per heavy atom. The molecule has 1 atom stereocenters. The molecule has 0 fully saturated rings. The molecule has 0 bridgehead atoms. The van der Waals surface area contributed by atoms with E-state index in [1.807, 2.05) is 68.4 Å². The van der Waals surface area contributed by atoms with Gasteiger partial charge in [0.15, 0.2) is 5.96 Å². The number of nitrogens with one attached hydrogen (secondary N) is 2. The second kappa shape index (κ2) is 11.6. The topological polar surface area (TPSA) is 113 Å². The van der Waals surface area contributed by atoms with Crippen molar-refractivity contribution < 1.29 is 4.74 Å². The van der Waals surface area contributed by atoms with Crippen molar-refractivity contribution in [2.24, 2.45) is 4.99 Å². The van der Waals surface area contributed by atoms with E-state index in [9.17, 15) is 5.26 Å². The summed E-state index contributed by atoms with van der Waals surface area (Å²) in [5.74, 6) is 1.92. The van der Waals surface area contributed by atoms with Gasteiger partial charge in [-0.2, -0.15) is 10.4 Å². The molecule has 2 aromatic carbocycles. The maximum atomic E-state index is 9.55. The Bertz CT molecular complexity index is 1120. The lowest BCUT2D eigenvalue weighted by Crippen LogP contribution is -2.42. The number of nitrogens with two attached hydrogens (primary N) is 1. The van der Waals surface area contributed by atoms with Crippen LogP contribution >= 0.6 is 0 Å². The van der Waals surface area contributed by atoms with Crippen LogP contribution in [0, 0.1) is 18.3 Å². The minimum Gasteiger partial charge on any atom is -0.489 e. The first-order valence-corrected chi connectivity index (χ1v) is 11.0. The number of hydrogen-bond acceptors (Lipinski definition) is 5. The van der Waals surface area contributed by atoms with Crippen molar-refractivity contribution in [2.75, 3.05) is 25.9 Å². The van der Waals surface area contributed by atoms with Crippen LogP contribution in [0.3, 0.4) is 0 Å². The monoisotopic (exact) mass is 445 g/mol. The Hall–Kier alpha value is -3.99. The minimum absolute atomic E-state index is 0.0199. The van der Waals surface area contributed by atoms with Gasteiger partial charge in [-0.3, -0.25) is 4.99 Å². The molecule has 0 spiro atoms. The Kier molecular flexibility index (Phi) is 8.30. The lowest BCUT2D eigenvalue weighted by Gasteiger charge is -2.18. The molecule has 0 amide bonds. The second-order valence-corrected chi connectivity index (χ2v) is 7.79. The number of nitrogens with zero attached hydrogens (tertiary/aromatic N) is 4. The predicted octanol–water partition coefficient (Wildman–Crippen LogP) is 3.20. The zero-order valence-corrected chi connectivity index (χ0v) is 19.4. The van der Waals surface area contributed by atoms with Crippen LogP contribution in [0.5, 0.6) is 5.75 Å². The summed E-state index contributed by atoms with van der Waals surface area (Å²) >= 11 is 0. The number of rotatable bonds is 9. The largest absolute Gasteiger partial charge is 0.489 e. The van der Waals surface area contributed by atoms with E-state index in [0.29, 0.717) is 42.5 Å². The molecular formula is C25H31N7O. The van der Waals surface area contributed by atoms with Crippen LogP contribution in [-0.4, -0.2) is 42.0 Å². The number of guanidine groups is 1. The Morgan fingerprint density at radius 1 is 1.21 bits per heavy atom. The van der Waals surface area contributed by atoms with E-state index in [1.54, 1.807) is 11.7 Å². The first-order valence-electron chi connectivity index (χ1n) is 11.0. The number of para-hydroxylation sites is 1. The molecular weight excluding hydrogens is 414 g/mol. The summed E-state index contributed by atoms with van der Waals surface area (Å²) in [5.41, 5.74) is 9.31. The van der Waals surface area contributed by atoms with Gasteiger partial charge in [0.1, 0.15) is 29.3 Å². The molecule has 0 aliphatic rings. The molecule has 0 saturated carbocycles. The third kappa shape index (κ3) is 6.50. The van der Waals surface area contributed by atoms with Crippen LogP contribution in [0.1, 0.15) is 30.2 Å². The first kappa shape index (κ1) is 23.7. The minimum atomic E-state index is -0.0199. The van der Waals surface area contributed by atoms with Crippen LogP contribution in [0.4, 0.5) is 5.82 Å². The van der Waals surface area contributed by atoms with E-state index in [4.69, 9.17) is 10.5 Å². The van der Waals surface area contributed by atoms with E-state index in [0.717, 1.165) is 17.9 Å². The Morgan fingerprint density at radius 2 is 2.00 bits per heavy atom. The molecule has 1 unspecified atom stereocenters. The van der Waals surface area contributed by atoms with Gasteiger partial charge < -0.3 is 21.1 Å². The SMILES string of the molecule is CN=C(NCCCc1nn(-c2ccccc2)c(N)c1C#N)NCC(C)Oc1cccc(C)c1. The Labute approximate surface area is 195 Å². The number of aliphatic imine (C=N–C) groups is 1. The molecule has 172 valence electrons. The molecule has 0 aliphatic heterocycles. The maximum absolute atomic E-state index is 9.55. The number of hydrogen-bond donors (Lipinski definition) is 3. The van der Waals surface area contributed by atoms with Gasteiger partial charge in [0.2, 0.25) is 0 Å². The maximum Gasteiger partial charge on any atom is 0.191 e. The van der Waals surface area contributed by atoms with Gasteiger partial charge in [-0.25, -0.2) is 4.68 Å². The second-order valence-electron chi connectivity index (χ2n) is 7.79. The molecule has 3 rings (SSSR count). The van der Waals surface area contributed by atoms with E-state index >= 15 is 0 Å². The van der Waals surface area contributed by atoms with Crippen molar-refractivity contribution in [3.63, 3.8) is 0 Å². The number of ether oxygens (including phenoxy) is 1. The fraction of sp³-hybridized carbons (Fsp3) is 0.320. The van der Waals surface area contributed by atoms with Crippen LogP contribution in [0.2, 0.25) is 0 Å². The van der Waals surface area contributed by atoms with Gasteiger partial charge in [0, 0.05) is 13.6 Å². The normalized spacial score (nSPS) is 12.1. The van der Waals surface area contributed by atoms with E-state index < -0.39 is 0 Å². The van der Waals surface area contributed by atoms with E-state index in [-0.39, 0.29) is 6.10 Å². The van der Waals surface area contributed by atoms with Gasteiger partial charge in [-0.1, -0.05) is 30.3 Å². The molecule has 8 heteroatoms. The van der Waals surface area contributed by atoms with Crippen molar-refractivity contribution in [3.05, 3.63) is 71.4 Å².